The highest BCUT2D eigenvalue weighted by atomic mass is 19.1. The smallest absolute Gasteiger partial charge is 0.414 e. The van der Waals surface area contributed by atoms with E-state index in [1.807, 2.05) is 0 Å². The maximum atomic E-state index is 13.8. The number of cyclic esters (lactones) is 1. The monoisotopic (exact) mass is 317 g/mol. The third kappa shape index (κ3) is 3.18. The van der Waals surface area contributed by atoms with E-state index in [2.05, 4.69) is 5.32 Å². The summed E-state index contributed by atoms with van der Waals surface area (Å²) in [6, 6.07) is 8.11. The van der Waals surface area contributed by atoms with Crippen LogP contribution in [0.1, 0.15) is 6.92 Å². The average molecular weight is 317 g/mol. The highest BCUT2D eigenvalue weighted by Crippen LogP contribution is 2.24. The number of amides is 2. The quantitative estimate of drug-likeness (QED) is 0.939. The molecule has 1 aromatic carbocycles. The fourth-order valence-corrected chi connectivity index (χ4v) is 2.45. The van der Waals surface area contributed by atoms with E-state index in [9.17, 15) is 14.0 Å². The van der Waals surface area contributed by atoms with Gasteiger partial charge in [0.25, 0.3) is 0 Å². The number of rotatable bonds is 4. The van der Waals surface area contributed by atoms with Crippen LogP contribution in [0.4, 0.5) is 14.9 Å². The summed E-state index contributed by atoms with van der Waals surface area (Å²) in [5.41, 5.74) is 1.02. The molecule has 1 aliphatic rings. The molecule has 1 aliphatic heterocycles. The number of carbonyl (C=O) groups is 2. The third-order valence-corrected chi connectivity index (χ3v) is 3.57. The molecule has 3 rings (SSSR count). The Bertz CT molecular complexity index is 744. The number of nitrogens with one attached hydrogen (secondary N) is 1. The normalized spacial score (nSPS) is 17.2. The van der Waals surface area contributed by atoms with Crippen LogP contribution >= 0.6 is 0 Å². The van der Waals surface area contributed by atoms with Crippen molar-refractivity contribution in [2.75, 3.05) is 18.0 Å². The van der Waals surface area contributed by atoms with Crippen molar-refractivity contribution < 1.29 is 18.7 Å². The lowest BCUT2D eigenvalue weighted by Gasteiger charge is -2.11. The number of nitrogens with zero attached hydrogens (tertiary/aromatic N) is 2. The van der Waals surface area contributed by atoms with Gasteiger partial charge >= 0.3 is 6.09 Å². The van der Waals surface area contributed by atoms with Crippen LogP contribution < -0.4 is 10.2 Å². The fraction of sp³-hybridized carbons (Fsp3) is 0.250. The number of carbonyl (C=O) groups excluding carboxylic acids is 2. The molecule has 120 valence electrons. The second-order valence-electron chi connectivity index (χ2n) is 5.28. The molecule has 1 aromatic heterocycles. The van der Waals surface area contributed by atoms with Gasteiger partial charge in [0.1, 0.15) is 11.9 Å². The minimum atomic E-state index is -0.480. The molecule has 1 saturated heterocycles. The van der Waals surface area contributed by atoms with E-state index in [0.29, 0.717) is 17.9 Å². The molecule has 2 heterocycles. The number of halogens is 1. The van der Waals surface area contributed by atoms with Crippen LogP contribution in [0.5, 0.6) is 0 Å². The van der Waals surface area contributed by atoms with Gasteiger partial charge in [-0.2, -0.15) is 0 Å². The second kappa shape index (κ2) is 6.12. The summed E-state index contributed by atoms with van der Waals surface area (Å²) < 4.78 is 20.6. The summed E-state index contributed by atoms with van der Waals surface area (Å²) >= 11 is 0. The van der Waals surface area contributed by atoms with Crippen molar-refractivity contribution in [1.29, 1.82) is 0 Å². The summed E-state index contributed by atoms with van der Waals surface area (Å²) in [5.74, 6) is -0.521. The number of anilines is 1. The zero-order chi connectivity index (χ0) is 16.4. The highest BCUT2D eigenvalue weighted by Gasteiger charge is 2.32. The van der Waals surface area contributed by atoms with E-state index in [-0.39, 0.29) is 18.3 Å². The third-order valence-electron chi connectivity index (χ3n) is 3.57. The van der Waals surface area contributed by atoms with Crippen molar-refractivity contribution >= 4 is 17.7 Å². The van der Waals surface area contributed by atoms with Gasteiger partial charge in [-0.15, -0.1) is 0 Å². The Morgan fingerprint density at radius 3 is 2.91 bits per heavy atom. The number of hydrogen-bond donors (Lipinski definition) is 1. The fourth-order valence-electron chi connectivity index (χ4n) is 2.45. The summed E-state index contributed by atoms with van der Waals surface area (Å²) in [5, 5.41) is 2.62. The summed E-state index contributed by atoms with van der Waals surface area (Å²) in [6.45, 7) is 2.01. The number of aromatic nitrogens is 1. The van der Waals surface area contributed by atoms with Gasteiger partial charge in [-0.3, -0.25) is 9.69 Å². The maximum absolute atomic E-state index is 13.8. The lowest BCUT2D eigenvalue weighted by Crippen LogP contribution is -2.33. The molecular weight excluding hydrogens is 301 g/mol. The first-order valence-corrected chi connectivity index (χ1v) is 7.20. The van der Waals surface area contributed by atoms with Gasteiger partial charge in [0, 0.05) is 19.3 Å². The average Bonchev–Trinajstić information content (AvgIpc) is 3.12. The molecule has 0 aliphatic carbocycles. The molecular formula is C16H16FN3O3. The summed E-state index contributed by atoms with van der Waals surface area (Å²) in [7, 11) is 0. The Morgan fingerprint density at radius 2 is 2.17 bits per heavy atom. The molecule has 6 nitrogen and oxygen atoms in total. The van der Waals surface area contributed by atoms with Gasteiger partial charge in [0.05, 0.1) is 24.5 Å². The van der Waals surface area contributed by atoms with Crippen molar-refractivity contribution in [3.8, 4) is 5.69 Å². The molecule has 0 unspecified atom stereocenters. The van der Waals surface area contributed by atoms with Crippen LogP contribution in [-0.2, 0) is 9.53 Å². The Hall–Kier alpha value is -2.83. The minimum absolute atomic E-state index is 0.176. The topological polar surface area (TPSA) is 63.6 Å². The number of hydrogen-bond acceptors (Lipinski definition) is 3. The van der Waals surface area contributed by atoms with Crippen LogP contribution in [0.3, 0.4) is 0 Å². The molecule has 2 amide bonds. The van der Waals surface area contributed by atoms with Crippen molar-refractivity contribution in [2.24, 2.45) is 0 Å². The zero-order valence-corrected chi connectivity index (χ0v) is 12.5. The molecule has 0 radical (unpaired) electrons. The maximum Gasteiger partial charge on any atom is 0.414 e. The first kappa shape index (κ1) is 15.1. The Kier molecular flexibility index (Phi) is 4.01. The molecule has 7 heteroatoms. The molecule has 1 fully saturated rings. The van der Waals surface area contributed by atoms with Crippen molar-refractivity contribution in [1.82, 2.24) is 9.88 Å². The van der Waals surface area contributed by atoms with Gasteiger partial charge in [-0.1, -0.05) is 12.1 Å². The number of ether oxygens (including phenoxy) is 1. The van der Waals surface area contributed by atoms with Crippen molar-refractivity contribution in [3.05, 3.63) is 48.5 Å². The van der Waals surface area contributed by atoms with Crippen molar-refractivity contribution in [2.45, 2.75) is 13.0 Å². The predicted octanol–water partition coefficient (Wildman–Crippen LogP) is 2.08. The Labute approximate surface area is 132 Å². The van der Waals surface area contributed by atoms with Gasteiger partial charge in [0.2, 0.25) is 5.91 Å². The van der Waals surface area contributed by atoms with E-state index in [1.165, 1.54) is 17.9 Å². The summed E-state index contributed by atoms with van der Waals surface area (Å²) in [6.07, 6.45) is 2.47. The number of benzene rings is 1. The van der Waals surface area contributed by atoms with Crippen LogP contribution in [-0.4, -0.2) is 35.8 Å². The van der Waals surface area contributed by atoms with E-state index in [0.717, 1.165) is 0 Å². The highest BCUT2D eigenvalue weighted by molar-refractivity contribution is 5.89. The van der Waals surface area contributed by atoms with Crippen LogP contribution in [0, 0.1) is 5.82 Å². The molecule has 1 atom stereocenters. The largest absolute Gasteiger partial charge is 0.442 e. The molecule has 2 aromatic rings. The Balaban J connectivity index is 1.74. The van der Waals surface area contributed by atoms with E-state index >= 15 is 0 Å². The predicted molar refractivity (Wildman–Crippen MR) is 82.0 cm³/mol. The van der Waals surface area contributed by atoms with E-state index < -0.39 is 12.2 Å². The first-order chi connectivity index (χ1) is 11.0. The SMILES string of the molecule is CC(=O)NC[C@H]1CN(c2ccn(-c3ccccc3F)c2)C(=O)O1. The molecule has 0 saturated carbocycles. The molecule has 0 spiro atoms. The lowest BCUT2D eigenvalue weighted by molar-refractivity contribution is -0.119. The van der Waals surface area contributed by atoms with Gasteiger partial charge in [0.15, 0.2) is 0 Å². The first-order valence-electron chi connectivity index (χ1n) is 7.20. The van der Waals surface area contributed by atoms with Crippen LogP contribution in [0.2, 0.25) is 0 Å². The van der Waals surface area contributed by atoms with Gasteiger partial charge < -0.3 is 14.6 Å². The lowest BCUT2D eigenvalue weighted by atomic mass is 10.3. The molecule has 1 N–H and O–H groups in total. The van der Waals surface area contributed by atoms with Crippen molar-refractivity contribution in [3.63, 3.8) is 0 Å². The molecule has 0 bridgehead atoms. The van der Waals surface area contributed by atoms with Crippen LogP contribution in [0.15, 0.2) is 42.7 Å². The standard InChI is InChI=1S/C16H16FN3O3/c1-11(21)18-8-13-10-20(16(22)23-13)12-6-7-19(9-12)15-5-3-2-4-14(15)17/h2-7,9,13H,8,10H2,1H3,(H,18,21)/t13-/m0/s1. The number of para-hydroxylation sites is 1. The van der Waals surface area contributed by atoms with E-state index in [1.54, 1.807) is 41.2 Å². The van der Waals surface area contributed by atoms with Crippen LogP contribution in [0.25, 0.3) is 5.69 Å². The summed E-state index contributed by atoms with van der Waals surface area (Å²) in [4.78, 5) is 24.3. The minimum Gasteiger partial charge on any atom is -0.442 e. The Morgan fingerprint density at radius 1 is 1.39 bits per heavy atom. The zero-order valence-electron chi connectivity index (χ0n) is 12.5. The van der Waals surface area contributed by atoms with Gasteiger partial charge in [-0.25, -0.2) is 9.18 Å². The van der Waals surface area contributed by atoms with Gasteiger partial charge in [-0.05, 0) is 18.2 Å². The second-order valence-corrected chi connectivity index (χ2v) is 5.28. The molecule has 23 heavy (non-hydrogen) atoms. The van der Waals surface area contributed by atoms with E-state index in [4.69, 9.17) is 4.74 Å².